The fourth-order valence-electron chi connectivity index (χ4n) is 1.89. The van der Waals surface area contributed by atoms with E-state index in [1.54, 1.807) is 19.1 Å². The molecule has 7 nitrogen and oxygen atoms in total. The molecule has 122 valence electrons. The fourth-order valence-corrected chi connectivity index (χ4v) is 2.98. The van der Waals surface area contributed by atoms with Gasteiger partial charge in [0, 0.05) is 6.92 Å². The van der Waals surface area contributed by atoms with Gasteiger partial charge in [-0.15, -0.1) is 11.3 Å². The number of anilines is 1. The van der Waals surface area contributed by atoms with Crippen LogP contribution in [0, 0.1) is 18.3 Å². The number of amides is 2. The predicted octanol–water partition coefficient (Wildman–Crippen LogP) is 2.36. The minimum Gasteiger partial charge on any atom is -0.508 e. The van der Waals surface area contributed by atoms with Crippen LogP contribution in [0.2, 0.25) is 0 Å². The van der Waals surface area contributed by atoms with Crippen molar-refractivity contribution in [3.8, 4) is 11.8 Å². The van der Waals surface area contributed by atoms with Gasteiger partial charge in [0.05, 0.1) is 11.8 Å². The molecular formula is C16H14N4O3S. The van der Waals surface area contributed by atoms with Crippen LogP contribution in [0.5, 0.6) is 5.75 Å². The van der Waals surface area contributed by atoms with Gasteiger partial charge in [0.2, 0.25) is 5.91 Å². The Morgan fingerprint density at radius 1 is 1.33 bits per heavy atom. The Hall–Kier alpha value is -3.18. The van der Waals surface area contributed by atoms with E-state index < -0.39 is 5.91 Å². The van der Waals surface area contributed by atoms with Gasteiger partial charge >= 0.3 is 0 Å². The van der Waals surface area contributed by atoms with E-state index in [1.165, 1.54) is 25.3 Å². The van der Waals surface area contributed by atoms with E-state index in [9.17, 15) is 20.0 Å². The standard InChI is InChI=1S/C16H14N4O3S/c1-9-13(7-17)16(19-10(2)21)24-14(9)15(23)20-18-8-11-3-5-12(22)6-4-11/h3-6,8,22H,1-2H3,(H,19,21)(H,20,23)/b18-8-. The maximum Gasteiger partial charge on any atom is 0.281 e. The lowest BCUT2D eigenvalue weighted by Crippen LogP contribution is -2.17. The van der Waals surface area contributed by atoms with Crippen molar-refractivity contribution in [2.45, 2.75) is 13.8 Å². The largest absolute Gasteiger partial charge is 0.508 e. The molecule has 1 aromatic carbocycles. The first kappa shape index (κ1) is 17.2. The fraction of sp³-hybridized carbons (Fsp3) is 0.125. The molecule has 0 spiro atoms. The zero-order chi connectivity index (χ0) is 17.7. The number of hydrogen-bond donors (Lipinski definition) is 3. The normalized spacial score (nSPS) is 10.4. The van der Waals surface area contributed by atoms with E-state index in [1.807, 2.05) is 6.07 Å². The van der Waals surface area contributed by atoms with Crippen LogP contribution in [-0.2, 0) is 4.79 Å². The lowest BCUT2D eigenvalue weighted by atomic mass is 10.1. The number of hydrazone groups is 1. The van der Waals surface area contributed by atoms with Crippen molar-refractivity contribution >= 4 is 34.4 Å². The van der Waals surface area contributed by atoms with E-state index in [0.29, 0.717) is 21.0 Å². The van der Waals surface area contributed by atoms with Gasteiger partial charge in [0.25, 0.3) is 5.91 Å². The molecule has 0 bridgehead atoms. The quantitative estimate of drug-likeness (QED) is 0.584. The highest BCUT2D eigenvalue weighted by Gasteiger charge is 2.20. The molecule has 0 aliphatic rings. The minimum atomic E-state index is -0.472. The van der Waals surface area contributed by atoms with Crippen molar-refractivity contribution in [3.63, 3.8) is 0 Å². The molecule has 0 unspecified atom stereocenters. The molecule has 2 amide bonds. The molecule has 0 radical (unpaired) electrons. The Bertz CT molecular complexity index is 847. The number of nitriles is 1. The van der Waals surface area contributed by atoms with Gasteiger partial charge in [-0.3, -0.25) is 9.59 Å². The Morgan fingerprint density at radius 2 is 2.00 bits per heavy atom. The molecule has 0 saturated heterocycles. The molecule has 8 heteroatoms. The summed E-state index contributed by atoms with van der Waals surface area (Å²) in [5.74, 6) is -0.648. The molecule has 1 aromatic heterocycles. The van der Waals surface area contributed by atoms with Crippen molar-refractivity contribution in [3.05, 3.63) is 45.8 Å². The molecule has 0 saturated carbocycles. The molecule has 0 aliphatic carbocycles. The molecule has 24 heavy (non-hydrogen) atoms. The first-order valence-electron chi connectivity index (χ1n) is 6.86. The number of nitrogens with one attached hydrogen (secondary N) is 2. The Morgan fingerprint density at radius 3 is 2.58 bits per heavy atom. The summed E-state index contributed by atoms with van der Waals surface area (Å²) >= 11 is 1.02. The van der Waals surface area contributed by atoms with Gasteiger partial charge in [-0.1, -0.05) is 0 Å². The molecule has 0 fully saturated rings. The number of benzene rings is 1. The summed E-state index contributed by atoms with van der Waals surface area (Å²) < 4.78 is 0. The number of rotatable bonds is 4. The SMILES string of the molecule is CC(=O)Nc1sc(C(=O)N/N=C\c2ccc(O)cc2)c(C)c1C#N. The molecule has 2 rings (SSSR count). The molecule has 2 aromatic rings. The summed E-state index contributed by atoms with van der Waals surface area (Å²) in [4.78, 5) is 23.7. The highest BCUT2D eigenvalue weighted by atomic mass is 32.1. The number of carbonyl (C=O) groups is 2. The van der Waals surface area contributed by atoms with Gasteiger partial charge in [0.1, 0.15) is 21.7 Å². The van der Waals surface area contributed by atoms with Gasteiger partial charge in [-0.25, -0.2) is 5.43 Å². The topological polar surface area (TPSA) is 115 Å². The van der Waals surface area contributed by atoms with Gasteiger partial charge in [0.15, 0.2) is 0 Å². The zero-order valence-corrected chi connectivity index (χ0v) is 13.8. The van der Waals surface area contributed by atoms with Crippen LogP contribution in [0.3, 0.4) is 0 Å². The zero-order valence-electron chi connectivity index (χ0n) is 13.0. The number of carbonyl (C=O) groups excluding carboxylic acids is 2. The highest BCUT2D eigenvalue weighted by Crippen LogP contribution is 2.32. The van der Waals surface area contributed by atoms with E-state index in [2.05, 4.69) is 15.8 Å². The number of hydrogen-bond acceptors (Lipinski definition) is 6. The summed E-state index contributed by atoms with van der Waals surface area (Å²) in [6.45, 7) is 2.97. The second-order valence-corrected chi connectivity index (χ2v) is 5.86. The maximum atomic E-state index is 12.2. The first-order valence-corrected chi connectivity index (χ1v) is 7.67. The molecule has 0 aliphatic heterocycles. The first-order chi connectivity index (χ1) is 11.4. The van der Waals surface area contributed by atoms with Crippen LogP contribution in [0.15, 0.2) is 29.4 Å². The number of phenolic OH excluding ortho intramolecular Hbond substituents is 1. The van der Waals surface area contributed by atoms with Gasteiger partial charge in [-0.05, 0) is 42.3 Å². The van der Waals surface area contributed by atoms with E-state index >= 15 is 0 Å². The van der Waals surface area contributed by atoms with Gasteiger partial charge in [-0.2, -0.15) is 10.4 Å². The van der Waals surface area contributed by atoms with Crippen LogP contribution in [0.25, 0.3) is 0 Å². The Labute approximate surface area is 142 Å². The van der Waals surface area contributed by atoms with E-state index in [-0.39, 0.29) is 17.2 Å². The third-order valence-electron chi connectivity index (χ3n) is 3.03. The summed E-state index contributed by atoms with van der Waals surface area (Å²) in [5.41, 5.74) is 3.83. The number of aromatic hydroxyl groups is 1. The van der Waals surface area contributed by atoms with Crippen LogP contribution in [-0.4, -0.2) is 23.1 Å². The van der Waals surface area contributed by atoms with Crippen LogP contribution < -0.4 is 10.7 Å². The third kappa shape index (κ3) is 3.97. The Kier molecular flexibility index (Phi) is 5.29. The molecule has 3 N–H and O–H groups in total. The lowest BCUT2D eigenvalue weighted by Gasteiger charge is -1.98. The van der Waals surface area contributed by atoms with Crippen LogP contribution in [0.4, 0.5) is 5.00 Å². The Balaban J connectivity index is 2.15. The summed E-state index contributed by atoms with van der Waals surface area (Å²) in [6.07, 6.45) is 1.43. The predicted molar refractivity (Wildman–Crippen MR) is 91.2 cm³/mol. The average molecular weight is 342 g/mol. The number of nitrogens with zero attached hydrogens (tertiary/aromatic N) is 2. The van der Waals surface area contributed by atoms with Crippen molar-refractivity contribution in [2.75, 3.05) is 5.32 Å². The van der Waals surface area contributed by atoms with Crippen molar-refractivity contribution in [1.29, 1.82) is 5.26 Å². The van der Waals surface area contributed by atoms with Crippen molar-refractivity contribution in [1.82, 2.24) is 5.43 Å². The molecular weight excluding hydrogens is 328 g/mol. The third-order valence-corrected chi connectivity index (χ3v) is 4.23. The van der Waals surface area contributed by atoms with E-state index in [0.717, 1.165) is 11.3 Å². The lowest BCUT2D eigenvalue weighted by molar-refractivity contribution is -0.114. The minimum absolute atomic E-state index is 0.139. The van der Waals surface area contributed by atoms with Crippen molar-refractivity contribution in [2.24, 2.45) is 5.10 Å². The smallest absolute Gasteiger partial charge is 0.281 e. The second kappa shape index (κ2) is 7.39. The highest BCUT2D eigenvalue weighted by molar-refractivity contribution is 7.18. The summed E-state index contributed by atoms with van der Waals surface area (Å²) in [6, 6.07) is 8.28. The summed E-state index contributed by atoms with van der Waals surface area (Å²) in [7, 11) is 0. The van der Waals surface area contributed by atoms with Crippen LogP contribution >= 0.6 is 11.3 Å². The molecule has 1 heterocycles. The second-order valence-electron chi connectivity index (χ2n) is 4.84. The summed E-state index contributed by atoms with van der Waals surface area (Å²) in [5, 5.41) is 25.1. The van der Waals surface area contributed by atoms with Crippen LogP contribution in [0.1, 0.15) is 33.3 Å². The average Bonchev–Trinajstić information content (AvgIpc) is 2.84. The number of phenols is 1. The monoisotopic (exact) mass is 342 g/mol. The van der Waals surface area contributed by atoms with E-state index in [4.69, 9.17) is 0 Å². The maximum absolute atomic E-state index is 12.2. The van der Waals surface area contributed by atoms with Crippen molar-refractivity contribution < 1.29 is 14.7 Å². The van der Waals surface area contributed by atoms with Gasteiger partial charge < -0.3 is 10.4 Å². The number of thiophene rings is 1. The molecule has 0 atom stereocenters.